The highest BCUT2D eigenvalue weighted by Gasteiger charge is 2.63. The van der Waals surface area contributed by atoms with Crippen molar-refractivity contribution in [3.63, 3.8) is 0 Å². The number of amides is 5. The summed E-state index contributed by atoms with van der Waals surface area (Å²) in [4.78, 5) is 80.6. The van der Waals surface area contributed by atoms with Gasteiger partial charge >= 0.3 is 6.09 Å². The third-order valence-electron chi connectivity index (χ3n) is 12.8. The van der Waals surface area contributed by atoms with Gasteiger partial charge < -0.3 is 35.1 Å². The molecule has 316 valence electrons. The summed E-state index contributed by atoms with van der Waals surface area (Å²) < 4.78 is 44.4. The molecule has 0 unspecified atom stereocenters. The second-order valence-electron chi connectivity index (χ2n) is 16.9. The first-order chi connectivity index (χ1) is 27.6. The van der Waals surface area contributed by atoms with Gasteiger partial charge in [-0.25, -0.2) is 18.2 Å². The van der Waals surface area contributed by atoms with E-state index >= 15 is 0 Å². The topological polar surface area (TPSA) is 224 Å². The third kappa shape index (κ3) is 8.25. The smallest absolute Gasteiger partial charge is 0.407 e. The maximum atomic E-state index is 14.8. The van der Waals surface area contributed by atoms with Crippen LogP contribution in [0, 0.1) is 12.8 Å². The van der Waals surface area contributed by atoms with E-state index in [0.29, 0.717) is 75.6 Å². The molecule has 1 aromatic heterocycles. The van der Waals surface area contributed by atoms with Crippen LogP contribution in [-0.4, -0.2) is 108 Å². The average Bonchev–Trinajstić information content (AvgIpc) is 3.98. The van der Waals surface area contributed by atoms with Crippen molar-refractivity contribution in [3.8, 4) is 5.88 Å². The number of methoxy groups -OCH3 is 2. The molecule has 7 rings (SSSR count). The van der Waals surface area contributed by atoms with Crippen molar-refractivity contribution in [2.75, 3.05) is 20.8 Å². The second kappa shape index (κ2) is 16.1. The summed E-state index contributed by atoms with van der Waals surface area (Å²) in [6.07, 6.45) is 11.4. The van der Waals surface area contributed by atoms with E-state index in [9.17, 15) is 32.4 Å². The van der Waals surface area contributed by atoms with Gasteiger partial charge in [0.25, 0.3) is 5.91 Å². The van der Waals surface area contributed by atoms with Crippen LogP contribution in [0.2, 0.25) is 0 Å². The van der Waals surface area contributed by atoms with Crippen LogP contribution in [0.15, 0.2) is 24.0 Å². The fraction of sp³-hybridized carbons (Fsp3) is 0.675. The lowest BCUT2D eigenvalue weighted by Gasteiger charge is -2.33. The summed E-state index contributed by atoms with van der Waals surface area (Å²) in [7, 11) is -1.20. The highest BCUT2D eigenvalue weighted by atomic mass is 32.2. The number of aryl methyl sites for hydroxylation is 1. The Balaban J connectivity index is 1.19. The maximum absolute atomic E-state index is 14.8. The van der Waals surface area contributed by atoms with Crippen molar-refractivity contribution in [1.82, 2.24) is 35.5 Å². The van der Waals surface area contributed by atoms with Gasteiger partial charge in [0, 0.05) is 25.2 Å². The fourth-order valence-corrected chi connectivity index (χ4v) is 9.95. The van der Waals surface area contributed by atoms with E-state index in [1.165, 1.54) is 12.0 Å². The first-order valence-corrected chi connectivity index (χ1v) is 21.9. The van der Waals surface area contributed by atoms with Crippen LogP contribution < -0.4 is 25.4 Å². The monoisotopic (exact) mass is 825 g/mol. The van der Waals surface area contributed by atoms with Crippen LogP contribution in [0.5, 0.6) is 5.88 Å². The van der Waals surface area contributed by atoms with Gasteiger partial charge in [-0.15, -0.1) is 0 Å². The van der Waals surface area contributed by atoms with Crippen LogP contribution >= 0.6 is 0 Å². The van der Waals surface area contributed by atoms with Gasteiger partial charge in [0.05, 0.1) is 48.4 Å². The predicted molar refractivity (Wildman–Crippen MR) is 208 cm³/mol. The molecule has 17 nitrogen and oxygen atoms in total. The molecule has 0 spiro atoms. The van der Waals surface area contributed by atoms with Crippen molar-refractivity contribution < 1.29 is 46.6 Å². The van der Waals surface area contributed by atoms with E-state index in [0.717, 1.165) is 24.3 Å². The van der Waals surface area contributed by atoms with Crippen molar-refractivity contribution >= 4 is 39.7 Å². The quantitative estimate of drug-likeness (QED) is 0.264. The van der Waals surface area contributed by atoms with Crippen molar-refractivity contribution in [2.45, 2.75) is 144 Å². The molecule has 58 heavy (non-hydrogen) atoms. The molecule has 4 fully saturated rings. The molecular weight excluding hydrogens is 771 g/mol. The molecule has 1 saturated heterocycles. The highest BCUT2D eigenvalue weighted by Crippen LogP contribution is 2.47. The number of nitrogens with one attached hydrogen (secondary N) is 4. The summed E-state index contributed by atoms with van der Waals surface area (Å²) >= 11 is 0. The number of ether oxygens (including phenoxy) is 3. The lowest BCUT2D eigenvalue weighted by atomic mass is 9.95. The fourth-order valence-electron chi connectivity index (χ4n) is 8.64. The van der Waals surface area contributed by atoms with Crippen LogP contribution in [0.25, 0.3) is 0 Å². The molecule has 0 bridgehead atoms. The Kier molecular flexibility index (Phi) is 11.5. The van der Waals surface area contributed by atoms with Crippen molar-refractivity contribution in [3.05, 3.63) is 41.1 Å². The maximum Gasteiger partial charge on any atom is 0.407 e. The molecule has 0 radical (unpaired) electrons. The number of allylic oxidation sites excluding steroid dienone is 3. The Hall–Kier alpha value is -4.74. The molecule has 5 amide bonds. The van der Waals surface area contributed by atoms with E-state index in [1.54, 1.807) is 21.0 Å². The molecule has 6 aliphatic rings. The Morgan fingerprint density at radius 3 is 2.45 bits per heavy atom. The van der Waals surface area contributed by atoms with E-state index in [4.69, 9.17) is 24.2 Å². The number of carbonyl (C=O) groups is 5. The summed E-state index contributed by atoms with van der Waals surface area (Å²) in [5, 5.41) is 8.56. The zero-order valence-electron chi connectivity index (χ0n) is 33.7. The number of nitrogens with zero attached hydrogens (tertiary/aromatic N) is 3. The van der Waals surface area contributed by atoms with Crippen molar-refractivity contribution in [1.29, 1.82) is 0 Å². The van der Waals surface area contributed by atoms with E-state index < -0.39 is 79.7 Å². The highest BCUT2D eigenvalue weighted by molar-refractivity contribution is 7.91. The van der Waals surface area contributed by atoms with Gasteiger partial charge in [0.2, 0.25) is 33.6 Å². The number of hydrogen-bond acceptors (Lipinski definition) is 12. The molecule has 1 aromatic rings. The Bertz CT molecular complexity index is 2010. The first-order valence-electron chi connectivity index (χ1n) is 20.4. The first kappa shape index (κ1) is 41.4. The number of fused-ring (bicyclic) bond motifs is 3. The molecule has 3 saturated carbocycles. The second-order valence-corrected chi connectivity index (χ2v) is 19.1. The van der Waals surface area contributed by atoms with Gasteiger partial charge in [-0.3, -0.25) is 28.9 Å². The summed E-state index contributed by atoms with van der Waals surface area (Å²) in [6.45, 7) is 3.31. The number of hydrogen-bond donors (Lipinski definition) is 4. The zero-order valence-corrected chi connectivity index (χ0v) is 34.5. The summed E-state index contributed by atoms with van der Waals surface area (Å²) in [6, 6.07) is -2.21. The molecule has 5 atom stereocenters. The minimum Gasteiger partial charge on any atom is -0.501 e. The standard InChI is InChI=1S/C40H55N7O10S/c1-24-33(42-30-20-26(55-3)14-15-28(30)41-24)57-27-21-31-32(48)44-40(36(51)46-58(53,54)38(2)18-19-38)22-25(40)12-8-6-5-7-9-13-29(34(49)47(31)23-27)43-35(50)39(16-10-11-17-39)45-37(52)56-4/h8,12,14,25,27,29,31H,5-7,9-11,13,15-23H2,1-4H3,(H,43,50)(H,44,48)(H,45,52)(H,46,51)/b12-8-/t25-,27-,29+,31+,40-/m1/s1. The van der Waals surface area contributed by atoms with Crippen molar-refractivity contribution in [2.24, 2.45) is 5.92 Å². The molecular formula is C40H55N7O10S. The molecule has 0 aromatic carbocycles. The SMILES string of the molecule is COC(=O)NC1(C(=O)N[C@H]2CCCCC/C=C\[C@@H]3C[C@@]3(C(=O)NS(=O)(=O)C3(C)CC3)NC(=O)[C@@H]3C[C@@H](Oc4nc5c(nc4C)CC=C(OC)C5)CN3C2=O)CCCC1. The van der Waals surface area contributed by atoms with E-state index in [1.807, 2.05) is 18.2 Å². The van der Waals surface area contributed by atoms with Gasteiger partial charge in [0.15, 0.2) is 0 Å². The number of aromatic nitrogens is 2. The van der Waals surface area contributed by atoms with Crippen LogP contribution in [0.4, 0.5) is 4.79 Å². The number of carbonyl (C=O) groups excluding carboxylic acids is 5. The minimum atomic E-state index is -4.01. The summed E-state index contributed by atoms with van der Waals surface area (Å²) in [5.41, 5.74) is -0.779. The summed E-state index contributed by atoms with van der Waals surface area (Å²) in [5.74, 6) is -1.94. The predicted octanol–water partition coefficient (Wildman–Crippen LogP) is 2.31. The minimum absolute atomic E-state index is 0.0159. The molecule has 4 aliphatic carbocycles. The Morgan fingerprint density at radius 1 is 0.983 bits per heavy atom. The average molecular weight is 826 g/mol. The number of alkyl carbamates (subject to hydrolysis) is 1. The normalized spacial score (nSPS) is 29.4. The zero-order chi connectivity index (χ0) is 41.5. The Labute approximate surface area is 338 Å². The third-order valence-corrected chi connectivity index (χ3v) is 14.9. The Morgan fingerprint density at radius 2 is 1.74 bits per heavy atom. The van der Waals surface area contributed by atoms with E-state index in [2.05, 4.69) is 20.7 Å². The number of sulfonamides is 1. The van der Waals surface area contributed by atoms with Crippen LogP contribution in [0.1, 0.15) is 107 Å². The largest absolute Gasteiger partial charge is 0.501 e. The van der Waals surface area contributed by atoms with Crippen LogP contribution in [0.3, 0.4) is 0 Å². The van der Waals surface area contributed by atoms with Crippen LogP contribution in [-0.2, 0) is 51.5 Å². The molecule has 3 heterocycles. The number of rotatable bonds is 9. The van der Waals surface area contributed by atoms with Gasteiger partial charge in [0.1, 0.15) is 29.3 Å². The van der Waals surface area contributed by atoms with E-state index in [-0.39, 0.29) is 31.7 Å². The van der Waals surface area contributed by atoms with Gasteiger partial charge in [-0.2, -0.15) is 0 Å². The molecule has 4 N–H and O–H groups in total. The van der Waals surface area contributed by atoms with Gasteiger partial charge in [-0.05, 0) is 71.3 Å². The molecule has 18 heteroatoms. The van der Waals surface area contributed by atoms with Gasteiger partial charge in [-0.1, -0.05) is 37.8 Å². The molecule has 2 aliphatic heterocycles. The lowest BCUT2D eigenvalue weighted by molar-refractivity contribution is -0.143. The lowest BCUT2D eigenvalue weighted by Crippen LogP contribution is -2.62.